The number of carbonyl (C=O) groups excluding carboxylic acids is 2. The average Bonchev–Trinajstić information content (AvgIpc) is 2.70. The second kappa shape index (κ2) is 5.69. The van der Waals surface area contributed by atoms with E-state index in [4.69, 9.17) is 5.11 Å². The lowest BCUT2D eigenvalue weighted by atomic mass is 10.2. The number of Topliss-reactive ketones (excluding diaryl/α,β-unsaturated/α-hetero) is 1. The molecule has 6 heteroatoms. The van der Waals surface area contributed by atoms with Crippen molar-refractivity contribution < 1.29 is 19.5 Å². The maximum atomic E-state index is 12.2. The van der Waals surface area contributed by atoms with E-state index >= 15 is 0 Å². The Kier molecular flexibility index (Phi) is 4.47. The van der Waals surface area contributed by atoms with E-state index in [2.05, 4.69) is 0 Å². The van der Waals surface area contributed by atoms with Gasteiger partial charge in [0.1, 0.15) is 11.7 Å². The number of likely N-dealkylation sites (N-methyl/N-ethyl adjacent to an activating group) is 1. The number of amides is 1. The maximum absolute atomic E-state index is 12.2. The number of carboxylic acid groups (broad SMARTS) is 1. The molecule has 0 aliphatic heterocycles. The minimum absolute atomic E-state index is 0.137. The van der Waals surface area contributed by atoms with Gasteiger partial charge in [-0.3, -0.25) is 9.59 Å². The zero-order valence-electron chi connectivity index (χ0n) is 11.5. The van der Waals surface area contributed by atoms with Crippen molar-refractivity contribution in [1.29, 1.82) is 0 Å². The predicted octanol–water partition coefficient (Wildman–Crippen LogP) is 1.16. The number of carboxylic acids is 1. The molecule has 1 aromatic rings. The first-order valence-electron chi connectivity index (χ1n) is 5.96. The second-order valence-electron chi connectivity index (χ2n) is 4.46. The molecule has 1 rings (SSSR count). The van der Waals surface area contributed by atoms with Crippen LogP contribution in [0, 0.1) is 0 Å². The number of rotatable bonds is 5. The molecule has 1 aromatic heterocycles. The van der Waals surface area contributed by atoms with Crippen molar-refractivity contribution in [1.82, 2.24) is 9.47 Å². The highest BCUT2D eigenvalue weighted by Gasteiger charge is 2.27. The summed E-state index contributed by atoms with van der Waals surface area (Å²) in [4.78, 5) is 35.7. The third kappa shape index (κ3) is 3.01. The largest absolute Gasteiger partial charge is 0.480 e. The number of hydrogen-bond acceptors (Lipinski definition) is 3. The number of aryl methyl sites for hydroxylation is 1. The highest BCUT2D eigenvalue weighted by atomic mass is 16.4. The van der Waals surface area contributed by atoms with Crippen LogP contribution in [0.4, 0.5) is 0 Å². The molecule has 1 N–H and O–H groups in total. The lowest BCUT2D eigenvalue weighted by Gasteiger charge is -2.23. The summed E-state index contributed by atoms with van der Waals surface area (Å²) in [5, 5.41) is 9.05. The van der Waals surface area contributed by atoms with Crippen molar-refractivity contribution in [2.75, 3.05) is 7.05 Å². The van der Waals surface area contributed by atoms with Crippen LogP contribution in [0.1, 0.15) is 41.1 Å². The number of ketones is 1. The van der Waals surface area contributed by atoms with Gasteiger partial charge >= 0.3 is 5.97 Å². The van der Waals surface area contributed by atoms with Gasteiger partial charge in [0, 0.05) is 25.9 Å². The van der Waals surface area contributed by atoms with Crippen LogP contribution in [-0.2, 0) is 11.8 Å². The van der Waals surface area contributed by atoms with Crippen LogP contribution in [-0.4, -0.2) is 45.3 Å². The van der Waals surface area contributed by atoms with E-state index in [0.717, 1.165) is 0 Å². The highest BCUT2D eigenvalue weighted by Crippen LogP contribution is 2.13. The van der Waals surface area contributed by atoms with Gasteiger partial charge in [-0.2, -0.15) is 0 Å². The van der Waals surface area contributed by atoms with E-state index in [1.165, 1.54) is 29.5 Å². The van der Waals surface area contributed by atoms with Crippen LogP contribution in [0.5, 0.6) is 0 Å². The molecule has 0 aliphatic carbocycles. The van der Waals surface area contributed by atoms with Gasteiger partial charge in [-0.15, -0.1) is 0 Å². The van der Waals surface area contributed by atoms with Crippen LogP contribution in [0.25, 0.3) is 0 Å². The van der Waals surface area contributed by atoms with Gasteiger partial charge in [0.2, 0.25) is 0 Å². The SMILES string of the molecule is CCC(C(=O)O)N(C)C(=O)c1cc(C(C)=O)cn1C. The third-order valence-corrected chi connectivity index (χ3v) is 3.09. The van der Waals surface area contributed by atoms with E-state index in [0.29, 0.717) is 17.7 Å². The normalized spacial score (nSPS) is 12.0. The Morgan fingerprint density at radius 1 is 1.42 bits per heavy atom. The Labute approximate surface area is 111 Å². The lowest BCUT2D eigenvalue weighted by molar-refractivity contribution is -0.142. The Balaban J connectivity index is 3.06. The molecule has 19 heavy (non-hydrogen) atoms. The first-order chi connectivity index (χ1) is 8.79. The van der Waals surface area contributed by atoms with E-state index < -0.39 is 17.9 Å². The fraction of sp³-hybridized carbons (Fsp3) is 0.462. The molecule has 0 saturated heterocycles. The molecule has 0 fully saturated rings. The summed E-state index contributed by atoms with van der Waals surface area (Å²) in [6, 6.07) is 0.610. The summed E-state index contributed by atoms with van der Waals surface area (Å²) >= 11 is 0. The minimum Gasteiger partial charge on any atom is -0.480 e. The first-order valence-corrected chi connectivity index (χ1v) is 5.96. The molecule has 1 unspecified atom stereocenters. The van der Waals surface area contributed by atoms with Crippen LogP contribution >= 0.6 is 0 Å². The lowest BCUT2D eigenvalue weighted by Crippen LogP contribution is -2.42. The zero-order chi connectivity index (χ0) is 14.7. The summed E-state index contributed by atoms with van der Waals surface area (Å²) in [5.74, 6) is -1.59. The molecule has 1 atom stereocenters. The number of hydrogen-bond donors (Lipinski definition) is 1. The number of aliphatic carboxylic acids is 1. The Morgan fingerprint density at radius 3 is 2.37 bits per heavy atom. The Bertz CT molecular complexity index is 519. The highest BCUT2D eigenvalue weighted by molar-refractivity contribution is 6.00. The molecule has 1 heterocycles. The molecular formula is C13H18N2O4. The molecule has 0 aliphatic rings. The summed E-state index contributed by atoms with van der Waals surface area (Å²) in [5.41, 5.74) is 0.732. The second-order valence-corrected chi connectivity index (χ2v) is 4.46. The van der Waals surface area contributed by atoms with Crippen molar-refractivity contribution in [3.8, 4) is 0 Å². The van der Waals surface area contributed by atoms with Crippen LogP contribution < -0.4 is 0 Å². The first kappa shape index (κ1) is 14.9. The summed E-state index contributed by atoms with van der Waals surface area (Å²) in [6.07, 6.45) is 1.88. The van der Waals surface area contributed by atoms with Gasteiger partial charge in [0.25, 0.3) is 5.91 Å². The fourth-order valence-electron chi connectivity index (χ4n) is 1.91. The van der Waals surface area contributed by atoms with E-state index in [-0.39, 0.29) is 5.78 Å². The molecule has 0 radical (unpaired) electrons. The molecule has 104 valence electrons. The third-order valence-electron chi connectivity index (χ3n) is 3.09. The van der Waals surface area contributed by atoms with Crippen molar-refractivity contribution >= 4 is 17.7 Å². The molecule has 0 spiro atoms. The number of nitrogens with zero attached hydrogens (tertiary/aromatic N) is 2. The number of carbonyl (C=O) groups is 3. The van der Waals surface area contributed by atoms with Gasteiger partial charge in [-0.05, 0) is 19.4 Å². The maximum Gasteiger partial charge on any atom is 0.326 e. The monoisotopic (exact) mass is 266 g/mol. The van der Waals surface area contributed by atoms with E-state index in [1.54, 1.807) is 20.2 Å². The van der Waals surface area contributed by atoms with Crippen molar-refractivity contribution in [3.63, 3.8) is 0 Å². The standard InChI is InChI=1S/C13H18N2O4/c1-5-10(13(18)19)15(4)12(17)11-6-9(8(2)16)7-14(11)3/h6-7,10H,5H2,1-4H3,(H,18,19). The van der Waals surface area contributed by atoms with Crippen LogP contribution in [0.3, 0.4) is 0 Å². The predicted molar refractivity (Wildman–Crippen MR) is 69.2 cm³/mol. The van der Waals surface area contributed by atoms with Crippen LogP contribution in [0.15, 0.2) is 12.3 Å². The molecule has 0 saturated carbocycles. The van der Waals surface area contributed by atoms with Gasteiger partial charge < -0.3 is 14.6 Å². The molecule has 6 nitrogen and oxygen atoms in total. The summed E-state index contributed by atoms with van der Waals surface area (Å²) in [6.45, 7) is 3.12. The van der Waals surface area contributed by atoms with Crippen molar-refractivity contribution in [2.24, 2.45) is 7.05 Å². The number of aromatic nitrogens is 1. The molecule has 0 aromatic carbocycles. The summed E-state index contributed by atoms with van der Waals surface area (Å²) < 4.78 is 1.53. The Hall–Kier alpha value is -2.11. The van der Waals surface area contributed by atoms with Gasteiger partial charge in [0.15, 0.2) is 5.78 Å². The van der Waals surface area contributed by atoms with E-state index in [9.17, 15) is 14.4 Å². The minimum atomic E-state index is -1.04. The zero-order valence-corrected chi connectivity index (χ0v) is 11.5. The molecule has 0 bridgehead atoms. The summed E-state index contributed by atoms with van der Waals surface area (Å²) in [7, 11) is 3.10. The fourth-order valence-corrected chi connectivity index (χ4v) is 1.91. The molecule has 1 amide bonds. The topological polar surface area (TPSA) is 79.6 Å². The average molecular weight is 266 g/mol. The van der Waals surface area contributed by atoms with Crippen molar-refractivity contribution in [3.05, 3.63) is 23.5 Å². The molecular weight excluding hydrogens is 248 g/mol. The van der Waals surface area contributed by atoms with Crippen molar-refractivity contribution in [2.45, 2.75) is 26.3 Å². The van der Waals surface area contributed by atoms with Gasteiger partial charge in [0.05, 0.1) is 0 Å². The Morgan fingerprint density at radius 2 is 2.00 bits per heavy atom. The van der Waals surface area contributed by atoms with E-state index in [1.807, 2.05) is 0 Å². The van der Waals surface area contributed by atoms with Gasteiger partial charge in [-0.25, -0.2) is 4.79 Å². The smallest absolute Gasteiger partial charge is 0.326 e. The van der Waals surface area contributed by atoms with Gasteiger partial charge in [-0.1, -0.05) is 6.92 Å². The quantitative estimate of drug-likeness (QED) is 0.811. The van der Waals surface area contributed by atoms with Crippen LogP contribution in [0.2, 0.25) is 0 Å².